The van der Waals surface area contributed by atoms with Gasteiger partial charge in [0.25, 0.3) is 0 Å². The molecular weight excluding hydrogens is 827 g/mol. The molecule has 6 heteroatoms. The van der Waals surface area contributed by atoms with Crippen LogP contribution in [0.5, 0.6) is 0 Å². The van der Waals surface area contributed by atoms with Crippen molar-refractivity contribution in [2.75, 3.05) is 6.61 Å². The van der Waals surface area contributed by atoms with Crippen molar-refractivity contribution in [1.29, 1.82) is 0 Å². The predicted octanol–water partition coefficient (Wildman–Crippen LogP) is 18.4. The number of nitrogens with one attached hydrogen (secondary N) is 1. The number of aliphatic hydroxyl groups is 2. The first kappa shape index (κ1) is 65.1. The molecule has 0 fully saturated rings. The standard InChI is InChI=1S/C61H115NO5/c1-4-7-10-13-16-19-22-25-28-30-33-36-39-42-45-48-51-54-61(66)67-57(52-49-46-43-40-37-34-32-29-26-23-20-17-14-11-8-5-2)55-60(65)62-58(56-63)59(64)53-50-47-44-41-38-35-31-27-24-21-18-15-12-9-6-3/h23,26,29,32,34,37,57-59,63-64H,4-22,24-25,27-28,30-31,33,35-36,38-56H2,1-3H3,(H,62,65)/b26-23+,32-29+,37-34+. The van der Waals surface area contributed by atoms with E-state index in [1.54, 1.807) is 0 Å². The van der Waals surface area contributed by atoms with Gasteiger partial charge in [0.15, 0.2) is 0 Å². The molecule has 0 aromatic carbocycles. The van der Waals surface area contributed by atoms with Crippen molar-refractivity contribution in [3.63, 3.8) is 0 Å². The molecule has 0 rings (SSSR count). The molecule has 6 nitrogen and oxygen atoms in total. The molecule has 394 valence electrons. The fourth-order valence-corrected chi connectivity index (χ4v) is 9.26. The van der Waals surface area contributed by atoms with E-state index in [1.165, 1.54) is 199 Å². The Hall–Kier alpha value is -1.92. The Bertz CT molecular complexity index is 1100. The van der Waals surface area contributed by atoms with Crippen LogP contribution in [-0.2, 0) is 14.3 Å². The van der Waals surface area contributed by atoms with E-state index in [1.807, 2.05) is 0 Å². The zero-order valence-corrected chi connectivity index (χ0v) is 45.0. The number of esters is 1. The number of aliphatic hydroxyl groups excluding tert-OH is 2. The van der Waals surface area contributed by atoms with Gasteiger partial charge < -0.3 is 20.3 Å². The lowest BCUT2D eigenvalue weighted by Crippen LogP contribution is -2.46. The summed E-state index contributed by atoms with van der Waals surface area (Å²) in [4.78, 5) is 26.3. The van der Waals surface area contributed by atoms with Crippen LogP contribution >= 0.6 is 0 Å². The number of amides is 1. The highest BCUT2D eigenvalue weighted by molar-refractivity contribution is 5.77. The van der Waals surface area contributed by atoms with Crippen LogP contribution in [-0.4, -0.2) is 46.9 Å². The zero-order valence-electron chi connectivity index (χ0n) is 45.0. The van der Waals surface area contributed by atoms with E-state index in [2.05, 4.69) is 62.5 Å². The van der Waals surface area contributed by atoms with Crippen LogP contribution in [0.15, 0.2) is 36.5 Å². The smallest absolute Gasteiger partial charge is 0.306 e. The molecular formula is C61H115NO5. The number of unbranched alkanes of at least 4 members (excludes halogenated alkanes) is 38. The number of hydrogen-bond acceptors (Lipinski definition) is 5. The van der Waals surface area contributed by atoms with Crippen molar-refractivity contribution in [3.8, 4) is 0 Å². The third-order valence-corrected chi connectivity index (χ3v) is 13.8. The van der Waals surface area contributed by atoms with Crippen LogP contribution < -0.4 is 5.32 Å². The van der Waals surface area contributed by atoms with E-state index in [0.29, 0.717) is 19.3 Å². The summed E-state index contributed by atoms with van der Waals surface area (Å²) in [6.07, 6.45) is 66.4. The number of allylic oxidation sites excluding steroid dienone is 6. The largest absolute Gasteiger partial charge is 0.462 e. The average Bonchev–Trinajstić information content (AvgIpc) is 3.32. The topological polar surface area (TPSA) is 95.9 Å². The number of hydrogen-bond donors (Lipinski definition) is 3. The lowest BCUT2D eigenvalue weighted by molar-refractivity contribution is -0.151. The van der Waals surface area contributed by atoms with E-state index >= 15 is 0 Å². The first-order valence-electron chi connectivity index (χ1n) is 29.7. The Labute approximate surface area is 417 Å². The van der Waals surface area contributed by atoms with Gasteiger partial charge in [-0.15, -0.1) is 0 Å². The van der Waals surface area contributed by atoms with Crippen LogP contribution in [0.3, 0.4) is 0 Å². The summed E-state index contributed by atoms with van der Waals surface area (Å²) in [5.74, 6) is -0.489. The van der Waals surface area contributed by atoms with Crippen molar-refractivity contribution in [2.45, 2.75) is 334 Å². The number of ether oxygens (including phenoxy) is 1. The molecule has 0 radical (unpaired) electrons. The number of carbonyl (C=O) groups excluding carboxylic acids is 2. The van der Waals surface area contributed by atoms with Crippen molar-refractivity contribution in [1.82, 2.24) is 5.32 Å². The summed E-state index contributed by atoms with van der Waals surface area (Å²) >= 11 is 0. The van der Waals surface area contributed by atoms with Gasteiger partial charge in [0.1, 0.15) is 6.10 Å². The summed E-state index contributed by atoms with van der Waals surface area (Å²) in [5, 5.41) is 23.9. The van der Waals surface area contributed by atoms with E-state index in [0.717, 1.165) is 70.6 Å². The summed E-state index contributed by atoms with van der Waals surface area (Å²) in [5.41, 5.74) is 0. The van der Waals surface area contributed by atoms with Gasteiger partial charge in [-0.3, -0.25) is 9.59 Å². The Morgan fingerprint density at radius 1 is 0.433 bits per heavy atom. The third kappa shape index (κ3) is 50.3. The second-order valence-corrected chi connectivity index (χ2v) is 20.5. The van der Waals surface area contributed by atoms with Gasteiger partial charge in [-0.2, -0.15) is 0 Å². The predicted molar refractivity (Wildman–Crippen MR) is 292 cm³/mol. The maximum atomic E-state index is 13.3. The quantitative estimate of drug-likeness (QED) is 0.0321. The highest BCUT2D eigenvalue weighted by Crippen LogP contribution is 2.19. The van der Waals surface area contributed by atoms with Gasteiger partial charge in [-0.1, -0.05) is 288 Å². The fraction of sp³-hybridized carbons (Fsp3) is 0.869. The Balaban J connectivity index is 4.58. The van der Waals surface area contributed by atoms with Crippen LogP contribution in [0.25, 0.3) is 0 Å². The van der Waals surface area contributed by atoms with E-state index in [-0.39, 0.29) is 24.9 Å². The Morgan fingerprint density at radius 2 is 0.761 bits per heavy atom. The zero-order chi connectivity index (χ0) is 48.8. The summed E-state index contributed by atoms with van der Waals surface area (Å²) in [6.45, 7) is 6.50. The van der Waals surface area contributed by atoms with E-state index in [9.17, 15) is 19.8 Å². The van der Waals surface area contributed by atoms with Crippen molar-refractivity contribution >= 4 is 11.9 Å². The molecule has 3 atom stereocenters. The monoisotopic (exact) mass is 942 g/mol. The van der Waals surface area contributed by atoms with Crippen LogP contribution in [0.4, 0.5) is 0 Å². The molecule has 0 saturated heterocycles. The van der Waals surface area contributed by atoms with Crippen molar-refractivity contribution in [3.05, 3.63) is 36.5 Å². The molecule has 0 aromatic heterocycles. The second-order valence-electron chi connectivity index (χ2n) is 20.5. The maximum Gasteiger partial charge on any atom is 0.306 e. The highest BCUT2D eigenvalue weighted by Gasteiger charge is 2.24. The van der Waals surface area contributed by atoms with Crippen molar-refractivity contribution < 1.29 is 24.5 Å². The molecule has 0 saturated carbocycles. The van der Waals surface area contributed by atoms with Gasteiger partial charge in [-0.25, -0.2) is 0 Å². The van der Waals surface area contributed by atoms with Crippen LogP contribution in [0.2, 0.25) is 0 Å². The maximum absolute atomic E-state index is 13.3. The molecule has 0 aliphatic heterocycles. The fourth-order valence-electron chi connectivity index (χ4n) is 9.26. The van der Waals surface area contributed by atoms with Crippen LogP contribution in [0, 0.1) is 0 Å². The Kier molecular flexibility index (Phi) is 53.4. The lowest BCUT2D eigenvalue weighted by atomic mass is 10.0. The highest BCUT2D eigenvalue weighted by atomic mass is 16.5. The minimum absolute atomic E-state index is 0.0594. The van der Waals surface area contributed by atoms with Gasteiger partial charge in [-0.05, 0) is 51.4 Å². The molecule has 0 bridgehead atoms. The second kappa shape index (κ2) is 55.0. The number of carbonyl (C=O) groups is 2. The molecule has 3 unspecified atom stereocenters. The first-order chi connectivity index (χ1) is 33.0. The molecule has 0 spiro atoms. The lowest BCUT2D eigenvalue weighted by Gasteiger charge is -2.24. The third-order valence-electron chi connectivity index (χ3n) is 13.8. The molecule has 0 aliphatic rings. The molecule has 67 heavy (non-hydrogen) atoms. The molecule has 0 heterocycles. The minimum Gasteiger partial charge on any atom is -0.462 e. The van der Waals surface area contributed by atoms with E-state index < -0.39 is 18.2 Å². The molecule has 1 amide bonds. The SMILES string of the molecule is CCCCCCC/C=C/C=C/C=C/CCCCCC(CC(=O)NC(CO)C(O)CCCCCCCCCCCCCCCCC)OC(=O)CCCCCCCCCCCCCCCCCCC. The van der Waals surface area contributed by atoms with Gasteiger partial charge in [0.05, 0.1) is 25.2 Å². The van der Waals surface area contributed by atoms with Gasteiger partial charge in [0, 0.05) is 6.42 Å². The molecule has 3 N–H and O–H groups in total. The summed E-state index contributed by atoms with van der Waals surface area (Å²) in [6, 6.07) is -0.711. The summed E-state index contributed by atoms with van der Waals surface area (Å²) in [7, 11) is 0. The van der Waals surface area contributed by atoms with Gasteiger partial charge in [0.2, 0.25) is 5.91 Å². The van der Waals surface area contributed by atoms with Crippen LogP contribution in [0.1, 0.15) is 316 Å². The number of rotatable bonds is 54. The minimum atomic E-state index is -0.795. The molecule has 0 aromatic rings. The van der Waals surface area contributed by atoms with Crippen molar-refractivity contribution in [2.24, 2.45) is 0 Å². The molecule has 0 aliphatic carbocycles. The average molecular weight is 943 g/mol. The summed E-state index contributed by atoms with van der Waals surface area (Å²) < 4.78 is 5.96. The normalized spacial score (nSPS) is 13.3. The van der Waals surface area contributed by atoms with Gasteiger partial charge >= 0.3 is 5.97 Å². The van der Waals surface area contributed by atoms with E-state index in [4.69, 9.17) is 4.74 Å². The first-order valence-corrected chi connectivity index (χ1v) is 29.7. The Morgan fingerprint density at radius 3 is 1.15 bits per heavy atom.